The van der Waals surface area contributed by atoms with Crippen molar-refractivity contribution >= 4 is 35.2 Å². The predicted molar refractivity (Wildman–Crippen MR) is 171 cm³/mol. The molecule has 1 spiro atoms. The lowest BCUT2D eigenvalue weighted by Crippen LogP contribution is -2.49. The first-order chi connectivity index (χ1) is 21.8. The van der Waals surface area contributed by atoms with Crippen molar-refractivity contribution in [3.8, 4) is 5.75 Å². The zero-order valence-electron chi connectivity index (χ0n) is 25.0. The minimum Gasteiger partial charge on any atom is -0.427 e. The number of carbonyl (C=O) groups excluding carboxylic acids is 4. The molecule has 0 radical (unpaired) electrons. The number of para-hydroxylation sites is 1. The van der Waals surface area contributed by atoms with Crippen molar-refractivity contribution in [1.82, 2.24) is 4.90 Å². The number of hydrogen-bond donors (Lipinski definition) is 1. The molecule has 3 heterocycles. The number of amides is 1. The Balaban J connectivity index is 1.45. The van der Waals surface area contributed by atoms with Crippen molar-refractivity contribution in [2.24, 2.45) is 5.92 Å². The zero-order chi connectivity index (χ0) is 31.3. The summed E-state index contributed by atoms with van der Waals surface area (Å²) in [6.45, 7) is 3.42. The molecular weight excluding hydrogens is 564 g/mol. The molecule has 0 aromatic heterocycles. The van der Waals surface area contributed by atoms with Gasteiger partial charge in [0.15, 0.2) is 11.6 Å². The summed E-state index contributed by atoms with van der Waals surface area (Å²) in [4.78, 5) is 57.7. The summed E-state index contributed by atoms with van der Waals surface area (Å²) in [6, 6.07) is 27.6. The molecule has 7 heteroatoms. The molecule has 0 aliphatic carbocycles. The van der Waals surface area contributed by atoms with Gasteiger partial charge in [-0.2, -0.15) is 0 Å². The summed E-state index contributed by atoms with van der Waals surface area (Å²) in [6.07, 6.45) is 5.66. The number of hydrogen-bond acceptors (Lipinski definition) is 6. The maximum absolute atomic E-state index is 15.0. The average Bonchev–Trinajstić information content (AvgIpc) is 3.53. The molecule has 4 aromatic carbocycles. The van der Waals surface area contributed by atoms with Crippen molar-refractivity contribution in [3.63, 3.8) is 0 Å². The van der Waals surface area contributed by atoms with Gasteiger partial charge in [-0.3, -0.25) is 19.2 Å². The molecule has 4 atom stereocenters. The van der Waals surface area contributed by atoms with Gasteiger partial charge in [0.2, 0.25) is 5.91 Å². The SMILES string of the molecule is CCCc1ccc(C(=O)[C@H]2[C@@H](C(=O)c3ccc(OC(C)=O)cc3)N3C=Cc4ccccc4[C@@H]3[C@]23C(=O)Nc2ccccc23)cc1. The number of esters is 1. The first-order valence-electron chi connectivity index (χ1n) is 15.3. The number of fused-ring (bicyclic) bond motifs is 6. The Bertz CT molecular complexity index is 1880. The van der Waals surface area contributed by atoms with Crippen LogP contribution in [-0.2, 0) is 21.4 Å². The smallest absolute Gasteiger partial charge is 0.308 e. The highest BCUT2D eigenvalue weighted by atomic mass is 16.5. The molecule has 7 rings (SSSR count). The number of aryl methyl sites for hydroxylation is 1. The molecule has 1 amide bonds. The molecular formula is C38H32N2O5. The third-order valence-electron chi connectivity index (χ3n) is 9.30. The number of ether oxygens (including phenoxy) is 1. The molecule has 4 aromatic rings. The van der Waals surface area contributed by atoms with E-state index in [0.717, 1.165) is 29.5 Å². The van der Waals surface area contributed by atoms with Gasteiger partial charge in [0.05, 0.1) is 12.0 Å². The molecule has 45 heavy (non-hydrogen) atoms. The summed E-state index contributed by atoms with van der Waals surface area (Å²) in [5, 5.41) is 3.08. The van der Waals surface area contributed by atoms with Crippen LogP contribution in [0.1, 0.15) is 69.3 Å². The van der Waals surface area contributed by atoms with Crippen LogP contribution in [0.4, 0.5) is 5.69 Å². The van der Waals surface area contributed by atoms with Crippen LogP contribution in [-0.4, -0.2) is 34.4 Å². The largest absolute Gasteiger partial charge is 0.427 e. The van der Waals surface area contributed by atoms with Crippen LogP contribution in [0.5, 0.6) is 5.75 Å². The molecule has 1 fully saturated rings. The van der Waals surface area contributed by atoms with Gasteiger partial charge in [0.1, 0.15) is 17.2 Å². The number of rotatable bonds is 7. The van der Waals surface area contributed by atoms with E-state index in [9.17, 15) is 19.2 Å². The lowest BCUT2D eigenvalue weighted by atomic mass is 9.62. The van der Waals surface area contributed by atoms with Gasteiger partial charge in [-0.05, 0) is 65.1 Å². The van der Waals surface area contributed by atoms with E-state index >= 15 is 0 Å². The second-order valence-corrected chi connectivity index (χ2v) is 11.9. The molecule has 0 saturated carbocycles. The number of ketones is 2. The topological polar surface area (TPSA) is 92.8 Å². The molecule has 3 aliphatic rings. The van der Waals surface area contributed by atoms with Crippen molar-refractivity contribution in [2.45, 2.75) is 44.2 Å². The Morgan fingerprint density at radius 3 is 2.24 bits per heavy atom. The Labute approximate surface area is 261 Å². The molecule has 1 N–H and O–H groups in total. The van der Waals surface area contributed by atoms with Gasteiger partial charge < -0.3 is 15.0 Å². The molecule has 224 valence electrons. The van der Waals surface area contributed by atoms with Crippen LogP contribution < -0.4 is 10.1 Å². The Morgan fingerprint density at radius 2 is 1.51 bits per heavy atom. The highest BCUT2D eigenvalue weighted by Gasteiger charge is 2.70. The molecule has 3 aliphatic heterocycles. The lowest BCUT2D eigenvalue weighted by molar-refractivity contribution is -0.131. The van der Waals surface area contributed by atoms with E-state index < -0.39 is 29.4 Å². The number of nitrogens with one attached hydrogen (secondary N) is 1. The van der Waals surface area contributed by atoms with Gasteiger partial charge >= 0.3 is 5.97 Å². The van der Waals surface area contributed by atoms with Crippen LogP contribution in [0, 0.1) is 5.92 Å². The third-order valence-corrected chi connectivity index (χ3v) is 9.30. The van der Waals surface area contributed by atoms with Crippen molar-refractivity contribution in [3.05, 3.63) is 137 Å². The van der Waals surface area contributed by atoms with Gasteiger partial charge in [-0.15, -0.1) is 0 Å². The fraction of sp³-hybridized carbons (Fsp3) is 0.211. The molecule has 1 saturated heterocycles. The molecule has 0 unspecified atom stereocenters. The predicted octanol–water partition coefficient (Wildman–Crippen LogP) is 6.55. The van der Waals surface area contributed by atoms with Crippen LogP contribution in [0.25, 0.3) is 6.08 Å². The number of nitrogens with zero attached hydrogens (tertiary/aromatic N) is 1. The van der Waals surface area contributed by atoms with Crippen LogP contribution in [0.15, 0.2) is 103 Å². The summed E-state index contributed by atoms with van der Waals surface area (Å²) in [5.74, 6) is -2.07. The maximum atomic E-state index is 15.0. The van der Waals surface area contributed by atoms with E-state index in [1.807, 2.05) is 90.0 Å². The minimum absolute atomic E-state index is 0.264. The van der Waals surface area contributed by atoms with E-state index in [-0.39, 0.29) is 17.5 Å². The fourth-order valence-corrected chi connectivity index (χ4v) is 7.50. The van der Waals surface area contributed by atoms with Crippen molar-refractivity contribution in [2.75, 3.05) is 5.32 Å². The Kier molecular flexibility index (Phi) is 6.96. The van der Waals surface area contributed by atoms with E-state index in [1.165, 1.54) is 6.92 Å². The highest BCUT2D eigenvalue weighted by molar-refractivity contribution is 6.16. The van der Waals surface area contributed by atoms with E-state index in [0.29, 0.717) is 28.1 Å². The van der Waals surface area contributed by atoms with E-state index in [4.69, 9.17) is 4.74 Å². The highest BCUT2D eigenvalue weighted by Crippen LogP contribution is 2.62. The van der Waals surface area contributed by atoms with Crippen LogP contribution in [0.3, 0.4) is 0 Å². The molecule has 0 bridgehead atoms. The standard InChI is InChI=1S/C38H32N2O5/c1-3-8-24-13-15-26(16-14-24)34(42)32-33(35(43)27-17-19-28(20-18-27)45-23(2)41)40-22-21-25-9-4-5-10-29(25)36(40)38(32)30-11-6-7-12-31(30)39-37(38)44/h4-7,9-22,32-33,36H,3,8H2,1-2H3,(H,39,44)/t32-,33+,36-,38-/m1/s1. The summed E-state index contributed by atoms with van der Waals surface area (Å²) in [7, 11) is 0. The van der Waals surface area contributed by atoms with Crippen molar-refractivity contribution < 1.29 is 23.9 Å². The maximum Gasteiger partial charge on any atom is 0.308 e. The van der Waals surface area contributed by atoms with Gasteiger partial charge in [0, 0.05) is 29.9 Å². The van der Waals surface area contributed by atoms with Gasteiger partial charge in [-0.25, -0.2) is 0 Å². The first-order valence-corrected chi connectivity index (χ1v) is 15.3. The number of carbonyl (C=O) groups is 4. The zero-order valence-corrected chi connectivity index (χ0v) is 25.0. The number of benzene rings is 4. The van der Waals surface area contributed by atoms with E-state index in [1.54, 1.807) is 24.3 Å². The quantitative estimate of drug-likeness (QED) is 0.148. The van der Waals surface area contributed by atoms with Gasteiger partial charge in [0.25, 0.3) is 0 Å². The third kappa shape index (κ3) is 4.41. The Hall–Kier alpha value is -5.30. The normalized spacial score (nSPS) is 22.4. The summed E-state index contributed by atoms with van der Waals surface area (Å²) < 4.78 is 5.19. The fourth-order valence-electron chi connectivity index (χ4n) is 7.50. The second kappa shape index (κ2) is 11.0. The number of Topliss-reactive ketones (excluding diaryl/α,β-unsaturated/α-hetero) is 2. The lowest BCUT2D eigenvalue weighted by Gasteiger charge is -2.38. The number of anilines is 1. The average molecular weight is 597 g/mol. The van der Waals surface area contributed by atoms with Crippen LogP contribution in [0.2, 0.25) is 0 Å². The summed E-state index contributed by atoms with van der Waals surface area (Å²) in [5.41, 5.74) is 3.69. The van der Waals surface area contributed by atoms with E-state index in [2.05, 4.69) is 12.2 Å². The summed E-state index contributed by atoms with van der Waals surface area (Å²) >= 11 is 0. The first kappa shape index (κ1) is 28.5. The molecule has 7 nitrogen and oxygen atoms in total. The Morgan fingerprint density at radius 1 is 0.844 bits per heavy atom. The second-order valence-electron chi connectivity index (χ2n) is 11.9. The van der Waals surface area contributed by atoms with Crippen molar-refractivity contribution in [1.29, 1.82) is 0 Å². The minimum atomic E-state index is -1.39. The van der Waals surface area contributed by atoms with Gasteiger partial charge in [-0.1, -0.05) is 80.1 Å². The monoisotopic (exact) mass is 596 g/mol. The van der Waals surface area contributed by atoms with Crippen LogP contribution >= 0.6 is 0 Å².